The van der Waals surface area contributed by atoms with Crippen molar-refractivity contribution in [2.75, 3.05) is 22.2 Å². The molecule has 0 unspecified atom stereocenters. The Balaban J connectivity index is 1.47. The van der Waals surface area contributed by atoms with Crippen LogP contribution in [0.2, 0.25) is 0 Å². The molecule has 0 saturated carbocycles. The molecule has 1 aromatic heterocycles. The van der Waals surface area contributed by atoms with Crippen molar-refractivity contribution in [1.82, 2.24) is 9.55 Å². The summed E-state index contributed by atoms with van der Waals surface area (Å²) >= 11 is 1.66. The Bertz CT molecular complexity index is 1290. The van der Waals surface area contributed by atoms with Crippen molar-refractivity contribution < 1.29 is 9.59 Å². The van der Waals surface area contributed by atoms with Crippen molar-refractivity contribution >= 4 is 51.8 Å². The van der Waals surface area contributed by atoms with Crippen molar-refractivity contribution in [2.45, 2.75) is 19.2 Å². The molecule has 0 aliphatic heterocycles. The summed E-state index contributed by atoms with van der Waals surface area (Å²) in [6.07, 6.45) is 2.01. The largest absolute Gasteiger partial charge is 0.324 e. The Morgan fingerprint density at radius 1 is 0.909 bits per heavy atom. The van der Waals surface area contributed by atoms with Gasteiger partial charge in [0.1, 0.15) is 12.4 Å². The molecule has 0 atom stereocenters. The first-order valence-electron chi connectivity index (χ1n) is 10.5. The first-order chi connectivity index (χ1) is 16.0. The van der Waals surface area contributed by atoms with E-state index in [4.69, 9.17) is 0 Å². The van der Waals surface area contributed by atoms with Gasteiger partial charge in [0.25, 0.3) is 0 Å². The average molecular weight is 460 g/mol. The number of fused-ring (bicyclic) bond motifs is 1. The lowest BCUT2D eigenvalue weighted by molar-refractivity contribution is -0.116. The van der Waals surface area contributed by atoms with Crippen molar-refractivity contribution in [3.63, 3.8) is 0 Å². The van der Waals surface area contributed by atoms with E-state index >= 15 is 0 Å². The second kappa shape index (κ2) is 10.2. The summed E-state index contributed by atoms with van der Waals surface area (Å²) in [5.41, 5.74) is 4.64. The summed E-state index contributed by atoms with van der Waals surface area (Å²) < 4.78 is 1.95. The Hall–Kier alpha value is -3.78. The van der Waals surface area contributed by atoms with Crippen LogP contribution >= 0.6 is 11.8 Å². The second-order valence-corrected chi connectivity index (χ2v) is 8.42. The number of anilines is 3. The molecular formula is C25H25N5O2S. The molecule has 0 saturated heterocycles. The number of nitrogens with one attached hydrogen (secondary N) is 3. The van der Waals surface area contributed by atoms with Gasteiger partial charge in [-0.05, 0) is 55.1 Å². The number of hydrogen-bond donors (Lipinski definition) is 3. The number of imidazole rings is 1. The van der Waals surface area contributed by atoms with Gasteiger partial charge in [-0.15, -0.1) is 0 Å². The number of urea groups is 1. The van der Waals surface area contributed by atoms with Gasteiger partial charge in [-0.3, -0.25) is 4.79 Å². The zero-order valence-corrected chi connectivity index (χ0v) is 19.3. The van der Waals surface area contributed by atoms with E-state index < -0.39 is 0 Å². The van der Waals surface area contributed by atoms with E-state index in [0.29, 0.717) is 17.1 Å². The average Bonchev–Trinajstić information content (AvgIpc) is 3.14. The van der Waals surface area contributed by atoms with Crippen LogP contribution in [0.1, 0.15) is 11.4 Å². The number of carbonyl (C=O) groups is 2. The van der Waals surface area contributed by atoms with Crippen LogP contribution in [0.25, 0.3) is 11.0 Å². The molecule has 1 heterocycles. The number of thioether (sulfide) groups is 1. The standard InChI is InChI=1S/C25H25N5O2S/c1-17-12-13-19(27-25(32)26-18-8-4-3-5-9-18)14-21(17)29-24(31)15-30-22-11-7-6-10-20(22)28-23(30)16-33-2/h3-14H,15-16H2,1-2H3,(H,29,31)(H2,26,27,32). The maximum Gasteiger partial charge on any atom is 0.323 e. The maximum atomic E-state index is 12.9. The third-order valence-electron chi connectivity index (χ3n) is 5.11. The van der Waals surface area contributed by atoms with Gasteiger partial charge in [0.15, 0.2) is 0 Å². The van der Waals surface area contributed by atoms with Gasteiger partial charge in [0, 0.05) is 17.1 Å². The van der Waals surface area contributed by atoms with Crippen LogP contribution in [-0.4, -0.2) is 27.7 Å². The van der Waals surface area contributed by atoms with Gasteiger partial charge < -0.3 is 20.5 Å². The summed E-state index contributed by atoms with van der Waals surface area (Å²) in [5, 5.41) is 8.57. The van der Waals surface area contributed by atoms with E-state index in [2.05, 4.69) is 20.9 Å². The van der Waals surface area contributed by atoms with Crippen molar-refractivity contribution in [1.29, 1.82) is 0 Å². The highest BCUT2D eigenvalue weighted by molar-refractivity contribution is 7.97. The van der Waals surface area contributed by atoms with E-state index in [1.165, 1.54) is 0 Å². The highest BCUT2D eigenvalue weighted by atomic mass is 32.2. The van der Waals surface area contributed by atoms with Gasteiger partial charge in [-0.1, -0.05) is 36.4 Å². The third kappa shape index (κ3) is 5.53. The predicted molar refractivity (Wildman–Crippen MR) is 136 cm³/mol. The number of carbonyl (C=O) groups excluding carboxylic acids is 2. The minimum absolute atomic E-state index is 0.155. The molecule has 3 aromatic carbocycles. The molecule has 0 aliphatic carbocycles. The van der Waals surface area contributed by atoms with Gasteiger partial charge >= 0.3 is 6.03 Å². The number of rotatable bonds is 7. The van der Waals surface area contributed by atoms with Crippen molar-refractivity contribution in [3.8, 4) is 0 Å². The molecule has 4 rings (SSSR count). The highest BCUT2D eigenvalue weighted by Gasteiger charge is 2.14. The lowest BCUT2D eigenvalue weighted by Gasteiger charge is -2.13. The second-order valence-electron chi connectivity index (χ2n) is 7.56. The normalized spacial score (nSPS) is 10.7. The van der Waals surface area contributed by atoms with Crippen LogP contribution in [0, 0.1) is 6.92 Å². The molecule has 168 valence electrons. The fraction of sp³-hybridized carbons (Fsp3) is 0.160. The molecule has 0 fully saturated rings. The molecule has 3 N–H and O–H groups in total. The van der Waals surface area contributed by atoms with E-state index in [0.717, 1.165) is 28.2 Å². The minimum Gasteiger partial charge on any atom is -0.324 e. The summed E-state index contributed by atoms with van der Waals surface area (Å²) in [5.74, 6) is 1.43. The number of amides is 3. The summed E-state index contributed by atoms with van der Waals surface area (Å²) in [7, 11) is 0. The lowest BCUT2D eigenvalue weighted by atomic mass is 10.1. The van der Waals surface area contributed by atoms with Gasteiger partial charge in [0.2, 0.25) is 5.91 Å². The van der Waals surface area contributed by atoms with Gasteiger partial charge in [-0.2, -0.15) is 11.8 Å². The van der Waals surface area contributed by atoms with E-state index in [1.54, 1.807) is 23.9 Å². The van der Waals surface area contributed by atoms with Crippen LogP contribution < -0.4 is 16.0 Å². The molecule has 7 nitrogen and oxygen atoms in total. The topological polar surface area (TPSA) is 88.1 Å². The van der Waals surface area contributed by atoms with Gasteiger partial charge in [0.05, 0.1) is 16.8 Å². The fourth-order valence-corrected chi connectivity index (χ4v) is 4.00. The number of nitrogens with zero attached hydrogens (tertiary/aromatic N) is 2. The molecule has 4 aromatic rings. The number of para-hydroxylation sites is 3. The highest BCUT2D eigenvalue weighted by Crippen LogP contribution is 2.22. The van der Waals surface area contributed by atoms with E-state index in [-0.39, 0.29) is 18.5 Å². The van der Waals surface area contributed by atoms with E-state index in [1.807, 2.05) is 78.4 Å². The first-order valence-corrected chi connectivity index (χ1v) is 11.9. The fourth-order valence-electron chi connectivity index (χ4n) is 3.52. The molecule has 3 amide bonds. The molecule has 8 heteroatoms. The van der Waals surface area contributed by atoms with Gasteiger partial charge in [-0.25, -0.2) is 9.78 Å². The molecule has 0 radical (unpaired) electrons. The summed E-state index contributed by atoms with van der Waals surface area (Å²) in [6.45, 7) is 2.07. The van der Waals surface area contributed by atoms with Crippen molar-refractivity contribution in [3.05, 3.63) is 84.2 Å². The number of benzene rings is 3. The van der Waals surface area contributed by atoms with Crippen LogP contribution in [0.15, 0.2) is 72.8 Å². The molecule has 33 heavy (non-hydrogen) atoms. The van der Waals surface area contributed by atoms with Crippen LogP contribution in [-0.2, 0) is 17.1 Å². The van der Waals surface area contributed by atoms with Crippen LogP contribution in [0.3, 0.4) is 0 Å². The Labute approximate surface area is 196 Å². The Kier molecular flexibility index (Phi) is 6.95. The number of aryl methyl sites for hydroxylation is 1. The zero-order chi connectivity index (χ0) is 23.2. The minimum atomic E-state index is -0.353. The Morgan fingerprint density at radius 2 is 1.64 bits per heavy atom. The monoisotopic (exact) mass is 459 g/mol. The first kappa shape index (κ1) is 22.4. The smallest absolute Gasteiger partial charge is 0.323 e. The quantitative estimate of drug-likeness (QED) is 0.341. The SMILES string of the molecule is CSCc1nc2ccccc2n1CC(=O)Nc1cc(NC(=O)Nc2ccccc2)ccc1C. The Morgan fingerprint density at radius 3 is 2.42 bits per heavy atom. The molecule has 0 aliphatic rings. The summed E-state index contributed by atoms with van der Waals surface area (Å²) in [4.78, 5) is 29.9. The predicted octanol–water partition coefficient (Wildman–Crippen LogP) is 5.49. The number of hydrogen-bond acceptors (Lipinski definition) is 4. The number of aromatic nitrogens is 2. The van der Waals surface area contributed by atoms with E-state index in [9.17, 15) is 9.59 Å². The van der Waals surface area contributed by atoms with Crippen LogP contribution in [0.5, 0.6) is 0 Å². The third-order valence-corrected chi connectivity index (χ3v) is 5.66. The summed E-state index contributed by atoms with van der Waals surface area (Å²) in [6, 6.07) is 22.1. The zero-order valence-electron chi connectivity index (χ0n) is 18.5. The van der Waals surface area contributed by atoms with Crippen LogP contribution in [0.4, 0.5) is 21.9 Å². The molecular weight excluding hydrogens is 434 g/mol. The maximum absolute atomic E-state index is 12.9. The molecule has 0 spiro atoms. The van der Waals surface area contributed by atoms with Crippen molar-refractivity contribution in [2.24, 2.45) is 0 Å². The molecule has 0 bridgehead atoms. The lowest BCUT2D eigenvalue weighted by Crippen LogP contribution is -2.21.